The van der Waals surface area contributed by atoms with E-state index in [0.717, 1.165) is 86.3 Å². The van der Waals surface area contributed by atoms with E-state index in [2.05, 4.69) is 35.2 Å². The van der Waals surface area contributed by atoms with Crippen molar-refractivity contribution in [2.45, 2.75) is 77.8 Å². The van der Waals surface area contributed by atoms with Crippen LogP contribution in [-0.2, 0) is 37.1 Å². The van der Waals surface area contributed by atoms with Gasteiger partial charge in [-0.25, -0.2) is 9.97 Å². The van der Waals surface area contributed by atoms with Crippen molar-refractivity contribution in [2.75, 3.05) is 36.5 Å². The summed E-state index contributed by atoms with van der Waals surface area (Å²) in [6.07, 6.45) is 10.3. The second kappa shape index (κ2) is 15.9. The summed E-state index contributed by atoms with van der Waals surface area (Å²) in [6, 6.07) is 24.6. The number of carbonyl (C=O) groups is 2. The molecule has 0 saturated carbocycles. The van der Waals surface area contributed by atoms with Gasteiger partial charge >= 0.3 is 0 Å². The minimum atomic E-state index is -0.0646. The minimum absolute atomic E-state index is 0.0272. The summed E-state index contributed by atoms with van der Waals surface area (Å²) in [5.74, 6) is 1.44. The van der Waals surface area contributed by atoms with Crippen molar-refractivity contribution in [3.05, 3.63) is 113 Å². The Balaban J connectivity index is 1.33. The first kappa shape index (κ1) is 33.2. The Kier molecular flexibility index (Phi) is 11.0. The highest BCUT2D eigenvalue weighted by Crippen LogP contribution is 2.27. The van der Waals surface area contributed by atoms with E-state index in [9.17, 15) is 9.59 Å². The van der Waals surface area contributed by atoms with Gasteiger partial charge in [-0.3, -0.25) is 9.59 Å². The molecule has 0 bridgehead atoms. The van der Waals surface area contributed by atoms with Gasteiger partial charge in [0.25, 0.3) is 5.91 Å². The number of hydrogen-bond acceptors (Lipinski definition) is 6. The highest BCUT2D eigenvalue weighted by atomic mass is 16.5. The number of rotatable bonds is 6. The molecule has 0 unspecified atom stereocenters. The average Bonchev–Trinajstić information content (AvgIpc) is 3.14. The number of benzene rings is 3. The van der Waals surface area contributed by atoms with Crippen LogP contribution in [0.25, 0.3) is 0 Å². The topological polar surface area (TPSA) is 78.9 Å². The number of nitrogens with zero attached hydrogens (tertiary/aromatic N) is 5. The highest BCUT2D eigenvalue weighted by molar-refractivity contribution is 5.96. The number of ether oxygens (including phenoxy) is 1. The summed E-state index contributed by atoms with van der Waals surface area (Å²) in [7, 11) is 1.68. The van der Waals surface area contributed by atoms with Crippen LogP contribution in [0.5, 0.6) is 5.75 Å². The Bertz CT molecular complexity index is 1720. The number of para-hydroxylation sites is 1. The number of amides is 2. The molecule has 0 spiro atoms. The molecule has 2 amide bonds. The molecule has 4 aromatic rings. The van der Waals surface area contributed by atoms with Gasteiger partial charge in [-0.15, -0.1) is 0 Å². The van der Waals surface area contributed by atoms with Crippen LogP contribution in [0.2, 0.25) is 0 Å². The minimum Gasteiger partial charge on any atom is -0.497 e. The Hall–Kier alpha value is -4.72. The summed E-state index contributed by atoms with van der Waals surface area (Å²) in [5.41, 5.74) is 6.95. The summed E-state index contributed by atoms with van der Waals surface area (Å²) in [4.78, 5) is 43.4. The van der Waals surface area contributed by atoms with Crippen molar-refractivity contribution in [2.24, 2.45) is 0 Å². The van der Waals surface area contributed by atoms with Crippen molar-refractivity contribution < 1.29 is 14.3 Å². The van der Waals surface area contributed by atoms with Gasteiger partial charge in [0.15, 0.2) is 0 Å². The van der Waals surface area contributed by atoms with Gasteiger partial charge in [0.1, 0.15) is 5.75 Å². The molecule has 6 rings (SSSR count). The van der Waals surface area contributed by atoms with Gasteiger partial charge in [-0.1, -0.05) is 80.3 Å². The number of aromatic nitrogens is 2. The van der Waals surface area contributed by atoms with E-state index in [0.29, 0.717) is 44.0 Å². The number of methoxy groups -OCH3 is 1. The zero-order chi connectivity index (χ0) is 33.3. The van der Waals surface area contributed by atoms with Gasteiger partial charge in [0.2, 0.25) is 11.9 Å². The van der Waals surface area contributed by atoms with E-state index >= 15 is 0 Å². The van der Waals surface area contributed by atoms with Crippen molar-refractivity contribution in [3.8, 4) is 5.75 Å². The van der Waals surface area contributed by atoms with E-state index in [4.69, 9.17) is 14.7 Å². The first-order chi connectivity index (χ1) is 23.5. The van der Waals surface area contributed by atoms with Crippen LogP contribution in [-0.4, -0.2) is 53.4 Å². The third-order valence-corrected chi connectivity index (χ3v) is 9.65. The molecule has 2 aliphatic heterocycles. The van der Waals surface area contributed by atoms with Gasteiger partial charge in [0.05, 0.1) is 18.4 Å². The summed E-state index contributed by atoms with van der Waals surface area (Å²) in [6.45, 7) is 4.94. The molecule has 0 aliphatic carbocycles. The van der Waals surface area contributed by atoms with E-state index in [1.165, 1.54) is 11.1 Å². The third-order valence-electron chi connectivity index (χ3n) is 9.65. The molecule has 0 N–H and O–H groups in total. The number of aryl methyl sites for hydroxylation is 2. The normalized spacial score (nSPS) is 15.8. The first-order valence-corrected chi connectivity index (χ1v) is 17.5. The number of anilines is 2. The van der Waals surface area contributed by atoms with Crippen LogP contribution < -0.4 is 14.5 Å². The first-order valence-electron chi connectivity index (χ1n) is 17.5. The molecule has 8 nitrogen and oxygen atoms in total. The Morgan fingerprint density at radius 1 is 0.771 bits per heavy atom. The van der Waals surface area contributed by atoms with Crippen LogP contribution >= 0.6 is 0 Å². The molecule has 0 saturated heterocycles. The van der Waals surface area contributed by atoms with Gasteiger partial charge in [-0.2, -0.15) is 0 Å². The predicted octanol–water partition coefficient (Wildman–Crippen LogP) is 7.18. The SMILES string of the molecule is COc1cccc(CCc2nc(N3CCc4ccccc4C3)ncc2C(=O)N2CCCCCCCCN(C(C)=O)c3ccccc3C2)c1. The lowest BCUT2D eigenvalue weighted by Gasteiger charge is -2.30. The molecule has 1 aromatic heterocycles. The number of carbonyl (C=O) groups excluding carboxylic acids is 2. The fraction of sp³-hybridized carbons (Fsp3) is 0.400. The summed E-state index contributed by atoms with van der Waals surface area (Å²) in [5, 5.41) is 0. The molecule has 0 radical (unpaired) electrons. The Labute approximate surface area is 284 Å². The Morgan fingerprint density at radius 3 is 2.29 bits per heavy atom. The number of fused-ring (bicyclic) bond motifs is 2. The number of hydrogen-bond donors (Lipinski definition) is 0. The predicted molar refractivity (Wildman–Crippen MR) is 191 cm³/mol. The smallest absolute Gasteiger partial charge is 0.257 e. The molecule has 3 heterocycles. The fourth-order valence-electron chi connectivity index (χ4n) is 6.95. The van der Waals surface area contributed by atoms with E-state index in [-0.39, 0.29) is 11.8 Å². The van der Waals surface area contributed by atoms with Crippen LogP contribution in [0.15, 0.2) is 79.0 Å². The molecule has 0 atom stereocenters. The van der Waals surface area contributed by atoms with E-state index in [1.54, 1.807) is 20.2 Å². The molecule has 3 aromatic carbocycles. The average molecular weight is 646 g/mol. The standard InChI is InChI=1S/C40H47N5O3/c1-30(46)45-24-12-6-4-3-5-11-23-43(29-34-17-9-10-19-38(34)45)39(47)36-27-41-40(44-25-22-32-15-7-8-16-33(32)28-44)42-37(36)21-20-31-14-13-18-35(26-31)48-2/h7-10,13-19,26-27H,3-6,11-12,20-25,28-29H2,1-2H3. The van der Waals surface area contributed by atoms with E-state index < -0.39 is 0 Å². The van der Waals surface area contributed by atoms with Gasteiger partial charge < -0.3 is 19.4 Å². The van der Waals surface area contributed by atoms with E-state index in [1.807, 2.05) is 52.3 Å². The zero-order valence-electron chi connectivity index (χ0n) is 28.4. The maximum absolute atomic E-state index is 14.6. The van der Waals surface area contributed by atoms with Crippen molar-refractivity contribution >= 4 is 23.5 Å². The Morgan fingerprint density at radius 2 is 1.50 bits per heavy atom. The lowest BCUT2D eigenvalue weighted by Crippen LogP contribution is -2.35. The molecule has 48 heavy (non-hydrogen) atoms. The van der Waals surface area contributed by atoms with Gasteiger partial charge in [0, 0.05) is 51.5 Å². The largest absolute Gasteiger partial charge is 0.497 e. The maximum Gasteiger partial charge on any atom is 0.257 e. The van der Waals surface area contributed by atoms with Crippen molar-refractivity contribution in [3.63, 3.8) is 0 Å². The molecular weight excluding hydrogens is 598 g/mol. The van der Waals surface area contributed by atoms with Crippen molar-refractivity contribution in [1.82, 2.24) is 14.9 Å². The second-order valence-corrected chi connectivity index (χ2v) is 13.0. The lowest BCUT2D eigenvalue weighted by atomic mass is 10.0. The molecule has 250 valence electrons. The molecule has 2 aliphatic rings. The summed E-state index contributed by atoms with van der Waals surface area (Å²) >= 11 is 0. The second-order valence-electron chi connectivity index (χ2n) is 13.0. The van der Waals surface area contributed by atoms with Crippen LogP contribution in [0.4, 0.5) is 11.6 Å². The van der Waals surface area contributed by atoms with Crippen LogP contribution in [0.3, 0.4) is 0 Å². The fourth-order valence-corrected chi connectivity index (χ4v) is 6.95. The zero-order valence-corrected chi connectivity index (χ0v) is 28.4. The van der Waals surface area contributed by atoms with Gasteiger partial charge in [-0.05, 0) is 72.6 Å². The van der Waals surface area contributed by atoms with Crippen molar-refractivity contribution in [1.29, 1.82) is 0 Å². The highest BCUT2D eigenvalue weighted by Gasteiger charge is 2.26. The van der Waals surface area contributed by atoms with Crippen LogP contribution in [0, 0.1) is 0 Å². The van der Waals surface area contributed by atoms with Crippen LogP contribution in [0.1, 0.15) is 83.8 Å². The molecular formula is C40H47N5O3. The quantitative estimate of drug-likeness (QED) is 0.221. The molecule has 0 fully saturated rings. The lowest BCUT2D eigenvalue weighted by molar-refractivity contribution is -0.116. The molecule has 8 heteroatoms. The monoisotopic (exact) mass is 645 g/mol. The third kappa shape index (κ3) is 8.04. The maximum atomic E-state index is 14.6. The summed E-state index contributed by atoms with van der Waals surface area (Å²) < 4.78 is 5.47.